The zero-order chi connectivity index (χ0) is 17.0. The number of nitrogens with zero attached hydrogens (tertiary/aromatic N) is 1. The molecule has 0 unspecified atom stereocenters. The maximum atomic E-state index is 13.5. The van der Waals surface area contributed by atoms with Crippen molar-refractivity contribution in [3.63, 3.8) is 0 Å². The third kappa shape index (κ3) is 4.06. The van der Waals surface area contributed by atoms with E-state index in [0.717, 1.165) is 11.1 Å². The van der Waals surface area contributed by atoms with E-state index in [1.54, 1.807) is 11.0 Å². The molecule has 126 valence electrons. The van der Waals surface area contributed by atoms with Crippen molar-refractivity contribution in [1.82, 2.24) is 4.90 Å². The van der Waals surface area contributed by atoms with Gasteiger partial charge < -0.3 is 0 Å². The standard InChI is InChI=1S/C20H20F3N/c21-20(22,23)19-13-7-12-18(14-16-8-3-1-4-9-16)24(19)15-17-10-5-2-6-11-17/h1-12,18-19H,13-15H2/t18-,19-/m0/s1. The number of hydrogen-bond acceptors (Lipinski definition) is 1. The minimum absolute atomic E-state index is 0.0155. The highest BCUT2D eigenvalue weighted by molar-refractivity contribution is 5.21. The number of benzene rings is 2. The van der Waals surface area contributed by atoms with Crippen LogP contribution in [0, 0.1) is 0 Å². The molecular formula is C20H20F3N. The predicted molar refractivity (Wildman–Crippen MR) is 89.5 cm³/mol. The molecule has 0 bridgehead atoms. The van der Waals surface area contributed by atoms with E-state index < -0.39 is 12.2 Å². The molecule has 1 aliphatic heterocycles. The summed E-state index contributed by atoms with van der Waals surface area (Å²) in [6.45, 7) is 0.298. The normalized spacial score (nSPS) is 21.8. The van der Waals surface area contributed by atoms with Crippen LogP contribution in [-0.4, -0.2) is 23.2 Å². The Hall–Kier alpha value is -2.07. The van der Waals surface area contributed by atoms with E-state index in [1.165, 1.54) is 0 Å². The molecule has 2 aromatic carbocycles. The van der Waals surface area contributed by atoms with Crippen molar-refractivity contribution in [2.75, 3.05) is 0 Å². The molecule has 0 fully saturated rings. The van der Waals surface area contributed by atoms with Crippen LogP contribution < -0.4 is 0 Å². The molecule has 0 aromatic heterocycles. The Morgan fingerprint density at radius 3 is 2.04 bits per heavy atom. The first-order chi connectivity index (χ1) is 11.5. The molecule has 2 atom stereocenters. The summed E-state index contributed by atoms with van der Waals surface area (Å²) in [6, 6.07) is 17.4. The second-order valence-electron chi connectivity index (χ2n) is 6.14. The van der Waals surface area contributed by atoms with Crippen molar-refractivity contribution >= 4 is 0 Å². The third-order valence-electron chi connectivity index (χ3n) is 4.42. The summed E-state index contributed by atoms with van der Waals surface area (Å²) in [5.41, 5.74) is 1.95. The van der Waals surface area contributed by atoms with Gasteiger partial charge in [0.15, 0.2) is 0 Å². The van der Waals surface area contributed by atoms with Gasteiger partial charge in [-0.25, -0.2) is 0 Å². The van der Waals surface area contributed by atoms with Crippen molar-refractivity contribution in [1.29, 1.82) is 0 Å². The van der Waals surface area contributed by atoms with Crippen molar-refractivity contribution < 1.29 is 13.2 Å². The Morgan fingerprint density at radius 2 is 1.46 bits per heavy atom. The number of hydrogen-bond donors (Lipinski definition) is 0. The van der Waals surface area contributed by atoms with Crippen LogP contribution in [-0.2, 0) is 13.0 Å². The molecule has 0 aliphatic carbocycles. The fourth-order valence-electron chi connectivity index (χ4n) is 3.23. The molecule has 0 saturated carbocycles. The van der Waals surface area contributed by atoms with Gasteiger partial charge in [0, 0.05) is 12.6 Å². The monoisotopic (exact) mass is 331 g/mol. The van der Waals surface area contributed by atoms with E-state index in [4.69, 9.17) is 0 Å². The van der Waals surface area contributed by atoms with E-state index in [0.29, 0.717) is 13.0 Å². The van der Waals surface area contributed by atoms with Gasteiger partial charge in [-0.1, -0.05) is 72.8 Å². The number of rotatable bonds is 4. The second-order valence-corrected chi connectivity index (χ2v) is 6.14. The lowest BCUT2D eigenvalue weighted by Crippen LogP contribution is -2.51. The number of halogens is 3. The van der Waals surface area contributed by atoms with Gasteiger partial charge in [-0.15, -0.1) is 0 Å². The molecule has 24 heavy (non-hydrogen) atoms. The quantitative estimate of drug-likeness (QED) is 0.713. The molecule has 0 spiro atoms. The lowest BCUT2D eigenvalue weighted by atomic mass is 9.95. The van der Waals surface area contributed by atoms with Crippen LogP contribution in [0.2, 0.25) is 0 Å². The summed E-state index contributed by atoms with van der Waals surface area (Å²) >= 11 is 0. The molecule has 1 heterocycles. The molecule has 4 heteroatoms. The highest BCUT2D eigenvalue weighted by Gasteiger charge is 2.45. The van der Waals surface area contributed by atoms with Gasteiger partial charge in [0.05, 0.1) is 0 Å². The molecule has 1 nitrogen and oxygen atoms in total. The van der Waals surface area contributed by atoms with Gasteiger partial charge >= 0.3 is 6.18 Å². The van der Waals surface area contributed by atoms with E-state index in [2.05, 4.69) is 0 Å². The minimum Gasteiger partial charge on any atom is -0.281 e. The van der Waals surface area contributed by atoms with Crippen LogP contribution in [0.5, 0.6) is 0 Å². The van der Waals surface area contributed by atoms with Crippen molar-refractivity contribution in [2.45, 2.75) is 37.6 Å². The molecule has 1 aliphatic rings. The maximum Gasteiger partial charge on any atom is 0.404 e. The average Bonchev–Trinajstić information content (AvgIpc) is 2.57. The third-order valence-corrected chi connectivity index (χ3v) is 4.42. The zero-order valence-electron chi connectivity index (χ0n) is 13.3. The molecule has 0 N–H and O–H groups in total. The highest BCUT2D eigenvalue weighted by Crippen LogP contribution is 2.33. The summed E-state index contributed by atoms with van der Waals surface area (Å²) < 4.78 is 40.6. The van der Waals surface area contributed by atoms with Gasteiger partial charge in [0.25, 0.3) is 0 Å². The van der Waals surface area contributed by atoms with Gasteiger partial charge in [-0.2, -0.15) is 13.2 Å². The second kappa shape index (κ2) is 7.22. The molecule has 0 saturated heterocycles. The lowest BCUT2D eigenvalue weighted by Gasteiger charge is -2.40. The summed E-state index contributed by atoms with van der Waals surface area (Å²) in [7, 11) is 0. The smallest absolute Gasteiger partial charge is 0.281 e. The largest absolute Gasteiger partial charge is 0.404 e. The molecule has 0 amide bonds. The molecule has 3 rings (SSSR count). The number of alkyl halides is 3. The summed E-state index contributed by atoms with van der Waals surface area (Å²) in [4.78, 5) is 1.59. The van der Waals surface area contributed by atoms with Gasteiger partial charge in [0.2, 0.25) is 0 Å². The molecule has 0 radical (unpaired) electrons. The van der Waals surface area contributed by atoms with Crippen molar-refractivity contribution in [2.24, 2.45) is 0 Å². The van der Waals surface area contributed by atoms with E-state index in [9.17, 15) is 13.2 Å². The van der Waals surface area contributed by atoms with Crippen LogP contribution >= 0.6 is 0 Å². The summed E-state index contributed by atoms with van der Waals surface area (Å²) in [6.07, 6.45) is -0.0434. The van der Waals surface area contributed by atoms with Crippen molar-refractivity contribution in [3.05, 3.63) is 83.9 Å². The fourth-order valence-corrected chi connectivity index (χ4v) is 3.23. The van der Waals surface area contributed by atoms with Crippen LogP contribution in [0.25, 0.3) is 0 Å². The van der Waals surface area contributed by atoms with Crippen molar-refractivity contribution in [3.8, 4) is 0 Å². The van der Waals surface area contributed by atoms with Crippen LogP contribution in [0.4, 0.5) is 13.2 Å². The first-order valence-corrected chi connectivity index (χ1v) is 8.11. The first kappa shape index (κ1) is 16.8. The molecular weight excluding hydrogens is 311 g/mol. The van der Waals surface area contributed by atoms with Crippen LogP contribution in [0.1, 0.15) is 17.5 Å². The summed E-state index contributed by atoms with van der Waals surface area (Å²) in [5.74, 6) is 0. The maximum absolute atomic E-state index is 13.5. The predicted octanol–water partition coefficient (Wildman–Crippen LogP) is 4.99. The minimum atomic E-state index is -4.23. The fraction of sp³-hybridized carbons (Fsp3) is 0.300. The Balaban J connectivity index is 1.86. The van der Waals surface area contributed by atoms with Gasteiger partial charge in [0.1, 0.15) is 6.04 Å². The average molecular weight is 331 g/mol. The Bertz CT molecular complexity index is 664. The van der Waals surface area contributed by atoms with Gasteiger partial charge in [-0.05, 0) is 24.0 Å². The lowest BCUT2D eigenvalue weighted by molar-refractivity contribution is -0.190. The Morgan fingerprint density at radius 1 is 0.875 bits per heavy atom. The van der Waals surface area contributed by atoms with E-state index >= 15 is 0 Å². The van der Waals surface area contributed by atoms with E-state index in [-0.39, 0.29) is 12.5 Å². The SMILES string of the molecule is FC(F)(F)[C@@H]1CC=C[C@@H](Cc2ccccc2)N1Cc1ccccc1. The van der Waals surface area contributed by atoms with Gasteiger partial charge in [-0.3, -0.25) is 4.90 Å². The summed E-state index contributed by atoms with van der Waals surface area (Å²) in [5, 5.41) is 0. The van der Waals surface area contributed by atoms with Crippen LogP contribution in [0.3, 0.4) is 0 Å². The Kier molecular flexibility index (Phi) is 5.05. The topological polar surface area (TPSA) is 3.24 Å². The Labute approximate surface area is 140 Å². The van der Waals surface area contributed by atoms with E-state index in [1.807, 2.05) is 66.7 Å². The molecule has 2 aromatic rings. The zero-order valence-corrected chi connectivity index (χ0v) is 13.3. The van der Waals surface area contributed by atoms with Crippen LogP contribution in [0.15, 0.2) is 72.8 Å². The highest BCUT2D eigenvalue weighted by atomic mass is 19.4. The first-order valence-electron chi connectivity index (χ1n) is 8.11.